The van der Waals surface area contributed by atoms with Crippen LogP contribution in [0.15, 0.2) is 51.6 Å². The highest BCUT2D eigenvalue weighted by Gasteiger charge is 2.48. The number of ether oxygens (including phenoxy) is 2. The van der Waals surface area contributed by atoms with E-state index in [1.54, 1.807) is 0 Å². The number of allylic oxidation sites excluding steroid dienone is 2. The average Bonchev–Trinajstić information content (AvgIpc) is 3.43. The number of rotatable bonds is 1. The first kappa shape index (κ1) is 27.5. The highest BCUT2D eigenvalue weighted by molar-refractivity contribution is 5.93. The number of fused-ring (bicyclic) bond motifs is 2. The molecule has 1 spiro atoms. The van der Waals surface area contributed by atoms with Crippen molar-refractivity contribution in [2.24, 2.45) is 22.2 Å². The van der Waals surface area contributed by atoms with Crippen molar-refractivity contribution in [3.05, 3.63) is 46.6 Å². The molecule has 1 saturated heterocycles. The highest BCUT2D eigenvalue weighted by atomic mass is 16.5. The largest absolute Gasteiger partial charge is 0.450 e. The lowest BCUT2D eigenvalue weighted by atomic mass is 9.57. The topological polar surface area (TPSA) is 88.4 Å². The maximum Gasteiger partial charge on any atom is 0.334 e. The predicted molar refractivity (Wildman–Crippen MR) is 149 cm³/mol. The number of carbonyl (C=O) groups excluding carboxylic acids is 1. The Bertz CT molecular complexity index is 1100. The van der Waals surface area contributed by atoms with Crippen LogP contribution in [-0.4, -0.2) is 59.0 Å². The van der Waals surface area contributed by atoms with Crippen LogP contribution < -0.4 is 0 Å². The molecule has 8 atom stereocenters. The Balaban J connectivity index is 1.55. The second kappa shape index (κ2) is 10.9. The van der Waals surface area contributed by atoms with Crippen molar-refractivity contribution < 1.29 is 24.5 Å². The van der Waals surface area contributed by atoms with E-state index in [2.05, 4.69) is 26.5 Å². The van der Waals surface area contributed by atoms with Gasteiger partial charge in [-0.15, -0.1) is 0 Å². The fraction of sp³-hybridized carbons (Fsp3) is 0.688. The molecule has 4 heterocycles. The molecule has 2 N–H and O–H groups in total. The first-order valence-corrected chi connectivity index (χ1v) is 14.6. The van der Waals surface area contributed by atoms with Gasteiger partial charge in [-0.3, -0.25) is 4.99 Å². The summed E-state index contributed by atoms with van der Waals surface area (Å²) in [7, 11) is 0. The summed E-state index contributed by atoms with van der Waals surface area (Å²) in [6.07, 6.45) is 10.2. The second-order valence-corrected chi connectivity index (χ2v) is 12.5. The van der Waals surface area contributed by atoms with Crippen LogP contribution in [0.5, 0.6) is 0 Å². The third kappa shape index (κ3) is 5.00. The number of aliphatic hydroxyl groups is 2. The number of aliphatic imine (C=N–C) groups is 1. The minimum atomic E-state index is -0.629. The number of nitrogens with zero attached hydrogens (tertiary/aromatic N) is 1. The number of hydrogen-bond donors (Lipinski definition) is 2. The number of carbonyl (C=O) groups is 1. The summed E-state index contributed by atoms with van der Waals surface area (Å²) in [5.41, 5.74) is 5.86. The van der Waals surface area contributed by atoms with Gasteiger partial charge in [0.25, 0.3) is 0 Å². The molecule has 1 fully saturated rings. The molecule has 6 heteroatoms. The van der Waals surface area contributed by atoms with Gasteiger partial charge in [0.05, 0.1) is 24.4 Å². The van der Waals surface area contributed by atoms with Gasteiger partial charge in [0.1, 0.15) is 6.10 Å². The molecule has 5 rings (SSSR count). The molecular formula is C32H45NO5. The zero-order valence-electron chi connectivity index (χ0n) is 23.5. The minimum absolute atomic E-state index is 0.0613. The summed E-state index contributed by atoms with van der Waals surface area (Å²) >= 11 is 0. The highest BCUT2D eigenvalue weighted by Crippen LogP contribution is 2.53. The molecule has 6 nitrogen and oxygen atoms in total. The van der Waals surface area contributed by atoms with Crippen LogP contribution in [0.3, 0.4) is 0 Å². The Morgan fingerprint density at radius 2 is 1.84 bits per heavy atom. The van der Waals surface area contributed by atoms with Crippen molar-refractivity contribution in [2.75, 3.05) is 6.54 Å². The first-order chi connectivity index (χ1) is 18.1. The summed E-state index contributed by atoms with van der Waals surface area (Å²) in [6, 6.07) is 0. The SMILES string of the molecule is C=C1[C@@H](O)CCC2=NCCC[C@@]23CCC([C@@H]2C=C(C)C(=O)O2)=C(C)[C@@H]3C=C(C)[C@@H](O)CC[C@H]2C[C@@H](C)[C@H]1O2. The molecule has 0 saturated carbocycles. The summed E-state index contributed by atoms with van der Waals surface area (Å²) in [4.78, 5) is 17.3. The quantitative estimate of drug-likeness (QED) is 0.355. The zero-order chi connectivity index (χ0) is 27.2. The maximum absolute atomic E-state index is 12.2. The van der Waals surface area contributed by atoms with Gasteiger partial charge in [0.2, 0.25) is 0 Å². The van der Waals surface area contributed by atoms with Crippen LogP contribution >= 0.6 is 0 Å². The average molecular weight is 524 g/mol. The third-order valence-corrected chi connectivity index (χ3v) is 10.0. The monoisotopic (exact) mass is 523 g/mol. The Morgan fingerprint density at radius 3 is 2.58 bits per heavy atom. The van der Waals surface area contributed by atoms with E-state index in [1.807, 2.05) is 19.9 Å². The standard InChI is InChI=1S/C32H45NO5/c1-18-16-25-21(4)24(28-17-20(3)31(36)38-28)11-13-32(25)12-6-14-33-29(32)10-9-27(35)22(5)30-19(2)15-23(37-30)7-8-26(18)34/h16-17,19,23,25-28,30,34-35H,5-15H2,1-4H3/t19-,23+,25+,26+,27+,28+,30-,32+/m1/s1. The molecule has 0 radical (unpaired) electrons. The maximum atomic E-state index is 12.2. The van der Waals surface area contributed by atoms with Gasteiger partial charge in [-0.25, -0.2) is 4.79 Å². The van der Waals surface area contributed by atoms with Crippen molar-refractivity contribution >= 4 is 11.7 Å². The normalized spacial score (nSPS) is 40.8. The van der Waals surface area contributed by atoms with E-state index in [9.17, 15) is 15.0 Å². The fourth-order valence-corrected chi connectivity index (χ4v) is 7.70. The van der Waals surface area contributed by atoms with E-state index < -0.39 is 12.2 Å². The number of hydrogen-bond acceptors (Lipinski definition) is 6. The van der Waals surface area contributed by atoms with E-state index >= 15 is 0 Å². The third-order valence-electron chi connectivity index (χ3n) is 10.0. The van der Waals surface area contributed by atoms with Crippen molar-refractivity contribution in [1.82, 2.24) is 0 Å². The molecule has 4 aliphatic heterocycles. The number of aliphatic hydroxyl groups excluding tert-OH is 2. The van der Waals surface area contributed by atoms with Crippen molar-refractivity contribution in [2.45, 2.75) is 116 Å². The summed E-state index contributed by atoms with van der Waals surface area (Å²) in [5.74, 6) is 0.129. The van der Waals surface area contributed by atoms with Crippen LogP contribution in [0.2, 0.25) is 0 Å². The van der Waals surface area contributed by atoms with Crippen molar-refractivity contribution in [1.29, 1.82) is 0 Å². The van der Waals surface area contributed by atoms with Crippen LogP contribution in [0.25, 0.3) is 0 Å². The van der Waals surface area contributed by atoms with Gasteiger partial charge < -0.3 is 19.7 Å². The second-order valence-electron chi connectivity index (χ2n) is 12.5. The van der Waals surface area contributed by atoms with Crippen LogP contribution in [-0.2, 0) is 14.3 Å². The van der Waals surface area contributed by atoms with Gasteiger partial charge in [0.15, 0.2) is 0 Å². The van der Waals surface area contributed by atoms with Gasteiger partial charge in [0, 0.05) is 29.2 Å². The molecule has 1 aliphatic carbocycles. The number of cyclic esters (lactones) is 1. The van der Waals surface area contributed by atoms with Gasteiger partial charge in [-0.1, -0.05) is 25.2 Å². The van der Waals surface area contributed by atoms with Crippen LogP contribution in [0.4, 0.5) is 0 Å². The summed E-state index contributed by atoms with van der Waals surface area (Å²) in [6.45, 7) is 13.3. The fourth-order valence-electron chi connectivity index (χ4n) is 7.70. The van der Waals surface area contributed by atoms with E-state index in [0.717, 1.165) is 62.6 Å². The Labute approximate surface area is 227 Å². The lowest BCUT2D eigenvalue weighted by molar-refractivity contribution is -0.138. The van der Waals surface area contributed by atoms with E-state index in [1.165, 1.54) is 16.9 Å². The van der Waals surface area contributed by atoms with Crippen molar-refractivity contribution in [3.8, 4) is 0 Å². The molecule has 0 aromatic rings. The van der Waals surface area contributed by atoms with E-state index in [0.29, 0.717) is 24.3 Å². The molecule has 38 heavy (non-hydrogen) atoms. The Morgan fingerprint density at radius 1 is 1.05 bits per heavy atom. The summed E-state index contributed by atoms with van der Waals surface area (Å²) in [5, 5.41) is 22.4. The van der Waals surface area contributed by atoms with Gasteiger partial charge >= 0.3 is 5.97 Å². The molecule has 0 unspecified atom stereocenters. The van der Waals surface area contributed by atoms with Crippen LogP contribution in [0.1, 0.15) is 85.5 Å². The van der Waals surface area contributed by atoms with Crippen LogP contribution in [0, 0.1) is 17.3 Å². The molecule has 0 aromatic carbocycles. The molecular weight excluding hydrogens is 478 g/mol. The molecule has 208 valence electrons. The lowest BCUT2D eigenvalue weighted by Gasteiger charge is -2.48. The molecule has 0 amide bonds. The molecule has 5 aliphatic rings. The van der Waals surface area contributed by atoms with E-state index in [-0.39, 0.29) is 35.6 Å². The molecule has 2 bridgehead atoms. The zero-order valence-corrected chi connectivity index (χ0v) is 23.5. The Kier molecular flexibility index (Phi) is 7.87. The Hall–Kier alpha value is -2.02. The van der Waals surface area contributed by atoms with Gasteiger partial charge in [-0.2, -0.15) is 0 Å². The first-order valence-electron chi connectivity index (χ1n) is 14.6. The number of esters is 1. The smallest absolute Gasteiger partial charge is 0.334 e. The summed E-state index contributed by atoms with van der Waals surface area (Å²) < 4.78 is 12.1. The lowest BCUT2D eigenvalue weighted by Crippen LogP contribution is -2.45. The molecule has 0 aromatic heterocycles. The minimum Gasteiger partial charge on any atom is -0.450 e. The predicted octanol–water partition coefficient (Wildman–Crippen LogP) is 5.40. The van der Waals surface area contributed by atoms with Crippen molar-refractivity contribution in [3.63, 3.8) is 0 Å². The van der Waals surface area contributed by atoms with Gasteiger partial charge in [-0.05, 0) is 107 Å². The van der Waals surface area contributed by atoms with E-state index in [4.69, 9.17) is 14.5 Å².